The Kier molecular flexibility index (Phi) is 6.56. The minimum atomic E-state index is -1.15. The first-order valence-corrected chi connectivity index (χ1v) is 6.93. The van der Waals surface area contributed by atoms with E-state index in [0.29, 0.717) is 17.1 Å². The molecule has 0 aliphatic carbocycles. The molecule has 0 saturated heterocycles. The van der Waals surface area contributed by atoms with Crippen LogP contribution in [-0.4, -0.2) is 39.0 Å². The lowest BCUT2D eigenvalue weighted by atomic mass is 9.89. The molecule has 7 nitrogen and oxygen atoms in total. The molecule has 0 saturated carbocycles. The number of Topliss-reactive ketones (excluding diaryl/α,β-unsaturated/α-hetero) is 1. The molecule has 0 aliphatic rings. The number of carbonyl (C=O) groups excluding carboxylic acids is 3. The molecule has 0 aliphatic heterocycles. The molecule has 23 heavy (non-hydrogen) atoms. The van der Waals surface area contributed by atoms with Gasteiger partial charge in [0.15, 0.2) is 11.5 Å². The van der Waals surface area contributed by atoms with Crippen LogP contribution >= 0.6 is 0 Å². The standard InChI is InChI=1S/C16H21NO6/c1-9(18)14(16(20)23-5)15(17-10(2)19)11-6-7-12(21-3)13(8-11)22-4/h6-8,14-15H,1-5H3,(H,17,19)/t14-,15-/m0/s1. The Morgan fingerprint density at radius 1 is 1.00 bits per heavy atom. The van der Waals surface area contributed by atoms with Crippen LogP contribution in [0.1, 0.15) is 25.5 Å². The van der Waals surface area contributed by atoms with E-state index in [2.05, 4.69) is 5.32 Å². The Morgan fingerprint density at radius 3 is 2.04 bits per heavy atom. The molecule has 1 aromatic rings. The first-order chi connectivity index (χ1) is 10.8. The van der Waals surface area contributed by atoms with Crippen molar-refractivity contribution in [2.75, 3.05) is 21.3 Å². The molecular formula is C16H21NO6. The van der Waals surface area contributed by atoms with Crippen LogP contribution in [0, 0.1) is 5.92 Å². The highest BCUT2D eigenvalue weighted by molar-refractivity contribution is 5.99. The zero-order chi connectivity index (χ0) is 17.6. The van der Waals surface area contributed by atoms with Crippen LogP contribution in [0.15, 0.2) is 18.2 Å². The van der Waals surface area contributed by atoms with Crippen molar-refractivity contribution < 1.29 is 28.6 Å². The molecule has 7 heteroatoms. The summed E-state index contributed by atoms with van der Waals surface area (Å²) >= 11 is 0. The highest BCUT2D eigenvalue weighted by Crippen LogP contribution is 2.33. The molecule has 2 atom stereocenters. The first kappa shape index (κ1) is 18.5. The lowest BCUT2D eigenvalue weighted by Gasteiger charge is -2.25. The fourth-order valence-corrected chi connectivity index (χ4v) is 2.29. The predicted octanol–water partition coefficient (Wildman–Crippen LogP) is 1.26. The van der Waals surface area contributed by atoms with Crippen LogP contribution in [0.2, 0.25) is 0 Å². The Hall–Kier alpha value is -2.57. The quantitative estimate of drug-likeness (QED) is 0.600. The Bertz CT molecular complexity index is 598. The van der Waals surface area contributed by atoms with Gasteiger partial charge in [-0.25, -0.2) is 0 Å². The average Bonchev–Trinajstić information content (AvgIpc) is 2.52. The van der Waals surface area contributed by atoms with Gasteiger partial charge in [-0.15, -0.1) is 0 Å². The summed E-state index contributed by atoms with van der Waals surface area (Å²) in [4.78, 5) is 35.4. The van der Waals surface area contributed by atoms with Crippen LogP contribution in [0.3, 0.4) is 0 Å². The van der Waals surface area contributed by atoms with Crippen LogP contribution in [-0.2, 0) is 19.1 Å². The molecule has 1 rings (SSSR count). The van der Waals surface area contributed by atoms with Gasteiger partial charge in [-0.05, 0) is 24.6 Å². The summed E-state index contributed by atoms with van der Waals surface area (Å²) in [7, 11) is 4.16. The third-order valence-electron chi connectivity index (χ3n) is 3.35. The number of carbonyl (C=O) groups is 3. The number of rotatable bonds is 7. The zero-order valence-corrected chi connectivity index (χ0v) is 13.8. The van der Waals surface area contributed by atoms with Gasteiger partial charge in [0.25, 0.3) is 0 Å². The van der Waals surface area contributed by atoms with Crippen LogP contribution in [0.5, 0.6) is 11.5 Å². The van der Waals surface area contributed by atoms with E-state index in [-0.39, 0.29) is 5.91 Å². The monoisotopic (exact) mass is 323 g/mol. The fourth-order valence-electron chi connectivity index (χ4n) is 2.29. The van der Waals surface area contributed by atoms with Gasteiger partial charge in [0.05, 0.1) is 27.4 Å². The normalized spacial score (nSPS) is 12.7. The maximum Gasteiger partial charge on any atom is 0.318 e. The van der Waals surface area contributed by atoms with Crippen molar-refractivity contribution in [3.63, 3.8) is 0 Å². The highest BCUT2D eigenvalue weighted by Gasteiger charge is 2.35. The van der Waals surface area contributed by atoms with Crippen LogP contribution < -0.4 is 14.8 Å². The number of ether oxygens (including phenoxy) is 3. The SMILES string of the molecule is COC(=O)[C@@H](C(C)=O)[C@@H](NC(C)=O)c1ccc(OC)c(OC)c1. The molecule has 126 valence electrons. The van der Waals surface area contributed by atoms with E-state index in [0.717, 1.165) is 0 Å². The van der Waals surface area contributed by atoms with Gasteiger partial charge in [-0.2, -0.15) is 0 Å². The van der Waals surface area contributed by atoms with Gasteiger partial charge in [0, 0.05) is 6.92 Å². The average molecular weight is 323 g/mol. The number of nitrogens with one attached hydrogen (secondary N) is 1. The number of amides is 1. The third-order valence-corrected chi connectivity index (χ3v) is 3.35. The number of esters is 1. The van der Waals surface area contributed by atoms with Crippen LogP contribution in [0.25, 0.3) is 0 Å². The Morgan fingerprint density at radius 2 is 1.61 bits per heavy atom. The van der Waals surface area contributed by atoms with E-state index in [9.17, 15) is 14.4 Å². The maximum atomic E-state index is 12.0. The minimum absolute atomic E-state index is 0.375. The van der Waals surface area contributed by atoms with Crippen LogP contribution in [0.4, 0.5) is 0 Å². The van der Waals surface area contributed by atoms with E-state index >= 15 is 0 Å². The van der Waals surface area contributed by atoms with E-state index in [4.69, 9.17) is 14.2 Å². The van der Waals surface area contributed by atoms with Crippen molar-refractivity contribution >= 4 is 17.7 Å². The van der Waals surface area contributed by atoms with Gasteiger partial charge in [0.1, 0.15) is 11.7 Å². The molecule has 1 amide bonds. The number of ketones is 1. The third kappa shape index (κ3) is 4.45. The molecule has 0 spiro atoms. The van der Waals surface area contributed by atoms with Crippen molar-refractivity contribution in [3.8, 4) is 11.5 Å². The molecule has 0 aromatic heterocycles. The molecule has 1 aromatic carbocycles. The van der Waals surface area contributed by atoms with Crippen molar-refractivity contribution in [1.29, 1.82) is 0 Å². The molecule has 0 heterocycles. The molecule has 0 bridgehead atoms. The van der Waals surface area contributed by atoms with Crippen molar-refractivity contribution in [2.24, 2.45) is 5.92 Å². The number of methoxy groups -OCH3 is 3. The lowest BCUT2D eigenvalue weighted by molar-refractivity contribution is -0.150. The van der Waals surface area contributed by atoms with Crippen molar-refractivity contribution in [3.05, 3.63) is 23.8 Å². The number of hydrogen-bond donors (Lipinski definition) is 1. The van der Waals surface area contributed by atoms with Crippen molar-refractivity contribution in [1.82, 2.24) is 5.32 Å². The van der Waals surface area contributed by atoms with Gasteiger partial charge in [-0.1, -0.05) is 6.07 Å². The summed E-state index contributed by atoms with van der Waals surface area (Å²) in [5.74, 6) is -1.74. The molecule has 0 fully saturated rings. The second-order valence-electron chi connectivity index (χ2n) is 4.90. The lowest BCUT2D eigenvalue weighted by Crippen LogP contribution is -2.39. The first-order valence-electron chi connectivity index (χ1n) is 6.93. The summed E-state index contributed by atoms with van der Waals surface area (Å²) in [6.07, 6.45) is 0. The van der Waals surface area contributed by atoms with Gasteiger partial charge in [-0.3, -0.25) is 14.4 Å². The molecule has 0 unspecified atom stereocenters. The van der Waals surface area contributed by atoms with E-state index in [1.54, 1.807) is 18.2 Å². The summed E-state index contributed by atoms with van der Waals surface area (Å²) < 4.78 is 15.1. The summed E-state index contributed by atoms with van der Waals surface area (Å²) in [6.45, 7) is 2.58. The second kappa shape index (κ2) is 8.17. The zero-order valence-electron chi connectivity index (χ0n) is 13.8. The number of hydrogen-bond acceptors (Lipinski definition) is 6. The van der Waals surface area contributed by atoms with E-state index in [1.807, 2.05) is 0 Å². The highest BCUT2D eigenvalue weighted by atomic mass is 16.5. The topological polar surface area (TPSA) is 90.9 Å². The van der Waals surface area contributed by atoms with E-state index < -0.39 is 23.7 Å². The maximum absolute atomic E-state index is 12.0. The Balaban J connectivity index is 3.37. The van der Waals surface area contributed by atoms with E-state index in [1.165, 1.54) is 35.2 Å². The number of benzene rings is 1. The summed E-state index contributed by atoms with van der Waals surface area (Å²) in [5.41, 5.74) is 0.531. The molecular weight excluding hydrogens is 302 g/mol. The summed E-state index contributed by atoms with van der Waals surface area (Å²) in [5, 5.41) is 2.62. The van der Waals surface area contributed by atoms with Gasteiger partial charge >= 0.3 is 5.97 Å². The summed E-state index contributed by atoms with van der Waals surface area (Å²) in [6, 6.07) is 4.04. The van der Waals surface area contributed by atoms with Gasteiger partial charge < -0.3 is 19.5 Å². The van der Waals surface area contributed by atoms with Gasteiger partial charge in [0.2, 0.25) is 5.91 Å². The largest absolute Gasteiger partial charge is 0.493 e. The fraction of sp³-hybridized carbons (Fsp3) is 0.438. The Labute approximate surface area is 134 Å². The predicted molar refractivity (Wildman–Crippen MR) is 82.3 cm³/mol. The second-order valence-corrected chi connectivity index (χ2v) is 4.90. The van der Waals surface area contributed by atoms with Crippen molar-refractivity contribution in [2.45, 2.75) is 19.9 Å². The minimum Gasteiger partial charge on any atom is -0.493 e. The molecule has 1 N–H and O–H groups in total. The molecule has 0 radical (unpaired) electrons. The smallest absolute Gasteiger partial charge is 0.318 e.